The Morgan fingerprint density at radius 3 is 2.71 bits per heavy atom. The van der Waals surface area contributed by atoms with E-state index in [9.17, 15) is 10.2 Å². The highest BCUT2D eigenvalue weighted by Crippen LogP contribution is 2.57. The summed E-state index contributed by atoms with van der Waals surface area (Å²) < 4.78 is 0. The van der Waals surface area contributed by atoms with Crippen molar-refractivity contribution in [3.05, 3.63) is 12.2 Å². The molecule has 2 aliphatic rings. The summed E-state index contributed by atoms with van der Waals surface area (Å²) in [4.78, 5) is 0. The van der Waals surface area contributed by atoms with Crippen LogP contribution in [-0.4, -0.2) is 33.6 Å². The number of aliphatic hydroxyl groups excluding tert-OH is 2. The molecule has 0 saturated heterocycles. The first kappa shape index (κ1) is 17.0. The maximum Gasteiger partial charge on any atom is 0.0883 e. The van der Waals surface area contributed by atoms with E-state index in [-0.39, 0.29) is 18.1 Å². The molecule has 2 rings (SSSR count). The van der Waals surface area contributed by atoms with Gasteiger partial charge in [-0.2, -0.15) is 0 Å². The summed E-state index contributed by atoms with van der Waals surface area (Å²) in [5.74, 6) is 1.54. The van der Waals surface area contributed by atoms with Crippen molar-refractivity contribution < 1.29 is 15.3 Å². The summed E-state index contributed by atoms with van der Waals surface area (Å²) in [6.45, 7) is 6.07. The Morgan fingerprint density at radius 1 is 1.33 bits per heavy atom. The van der Waals surface area contributed by atoms with E-state index < -0.39 is 5.60 Å². The van der Waals surface area contributed by atoms with Gasteiger partial charge in [-0.15, -0.1) is 0 Å². The van der Waals surface area contributed by atoms with Crippen molar-refractivity contribution in [2.75, 3.05) is 6.61 Å². The summed E-state index contributed by atoms with van der Waals surface area (Å²) in [7, 11) is 0. The van der Waals surface area contributed by atoms with Crippen molar-refractivity contribution in [2.45, 2.75) is 71.0 Å². The minimum absolute atomic E-state index is 0.111. The number of allylic oxidation sites excluding steroid dienone is 1. The molecule has 0 amide bonds. The molecule has 122 valence electrons. The molecular weight excluding hydrogens is 264 g/mol. The predicted octanol–water partition coefficient (Wildman–Crippen LogP) is 2.89. The standard InChI is InChI=1S/C18H32O3/c1-13(6-4-10-17(2,21)12-19)14-8-9-15-16(20)7-5-11-18(14,15)3/h4,6,13-16,19-21H,5,7-12H2,1-3H3/t13?,14-,15+,16+,17+,18-/m1/s1. The Balaban J connectivity index is 2.00. The van der Waals surface area contributed by atoms with E-state index >= 15 is 0 Å². The number of rotatable bonds is 5. The molecule has 2 saturated carbocycles. The molecule has 0 bridgehead atoms. The van der Waals surface area contributed by atoms with Crippen molar-refractivity contribution in [3.8, 4) is 0 Å². The molecule has 0 aromatic carbocycles. The van der Waals surface area contributed by atoms with Gasteiger partial charge in [-0.05, 0) is 62.2 Å². The van der Waals surface area contributed by atoms with E-state index in [1.807, 2.05) is 6.08 Å². The molecule has 0 spiro atoms. The summed E-state index contributed by atoms with van der Waals surface area (Å²) in [5, 5.41) is 29.2. The van der Waals surface area contributed by atoms with Crippen LogP contribution in [0.3, 0.4) is 0 Å². The fraction of sp³-hybridized carbons (Fsp3) is 0.889. The van der Waals surface area contributed by atoms with E-state index in [4.69, 9.17) is 5.11 Å². The van der Waals surface area contributed by atoms with Crippen LogP contribution in [0.2, 0.25) is 0 Å². The van der Waals surface area contributed by atoms with Gasteiger partial charge in [0.2, 0.25) is 0 Å². The quantitative estimate of drug-likeness (QED) is 0.684. The molecule has 0 aromatic heterocycles. The van der Waals surface area contributed by atoms with Crippen molar-refractivity contribution in [1.82, 2.24) is 0 Å². The van der Waals surface area contributed by atoms with Crippen LogP contribution >= 0.6 is 0 Å². The van der Waals surface area contributed by atoms with Crippen molar-refractivity contribution >= 4 is 0 Å². The molecule has 21 heavy (non-hydrogen) atoms. The Labute approximate surface area is 129 Å². The average Bonchev–Trinajstić information content (AvgIpc) is 2.77. The molecule has 1 unspecified atom stereocenters. The zero-order valence-electron chi connectivity index (χ0n) is 13.8. The van der Waals surface area contributed by atoms with Gasteiger partial charge in [-0.1, -0.05) is 32.4 Å². The van der Waals surface area contributed by atoms with Crippen LogP contribution in [0.25, 0.3) is 0 Å². The van der Waals surface area contributed by atoms with Crippen LogP contribution in [0.1, 0.15) is 59.3 Å². The van der Waals surface area contributed by atoms with Crippen LogP contribution in [0.15, 0.2) is 12.2 Å². The Bertz CT molecular complexity index is 377. The average molecular weight is 296 g/mol. The molecule has 2 fully saturated rings. The monoisotopic (exact) mass is 296 g/mol. The molecule has 0 radical (unpaired) electrons. The first-order valence-electron chi connectivity index (χ1n) is 8.48. The van der Waals surface area contributed by atoms with Gasteiger partial charge in [-0.25, -0.2) is 0 Å². The van der Waals surface area contributed by atoms with Gasteiger partial charge in [0.1, 0.15) is 0 Å². The lowest BCUT2D eigenvalue weighted by Crippen LogP contribution is -2.41. The first-order chi connectivity index (χ1) is 9.80. The summed E-state index contributed by atoms with van der Waals surface area (Å²) in [5.41, 5.74) is -0.750. The zero-order chi connectivity index (χ0) is 15.7. The third kappa shape index (κ3) is 3.52. The van der Waals surface area contributed by atoms with Gasteiger partial charge >= 0.3 is 0 Å². The SMILES string of the molecule is CC(C=CC[C@](C)(O)CO)[C@H]1CC[C@H]2[C@@H](O)CCC[C@]12C. The molecular formula is C18H32O3. The van der Waals surface area contributed by atoms with E-state index in [1.165, 1.54) is 12.8 Å². The fourth-order valence-corrected chi connectivity index (χ4v) is 4.79. The Kier molecular flexibility index (Phi) is 5.17. The van der Waals surface area contributed by atoms with Crippen LogP contribution in [-0.2, 0) is 0 Å². The fourth-order valence-electron chi connectivity index (χ4n) is 4.79. The van der Waals surface area contributed by atoms with Crippen molar-refractivity contribution in [2.24, 2.45) is 23.2 Å². The molecule has 6 atom stereocenters. The molecule has 0 heterocycles. The van der Waals surface area contributed by atoms with Crippen molar-refractivity contribution in [3.63, 3.8) is 0 Å². The van der Waals surface area contributed by atoms with E-state index in [1.54, 1.807) is 6.92 Å². The van der Waals surface area contributed by atoms with Crippen molar-refractivity contribution in [1.29, 1.82) is 0 Å². The lowest BCUT2D eigenvalue weighted by Gasteiger charge is -2.44. The highest BCUT2D eigenvalue weighted by atomic mass is 16.3. The predicted molar refractivity (Wildman–Crippen MR) is 84.8 cm³/mol. The third-order valence-corrected chi connectivity index (χ3v) is 6.14. The molecule has 3 nitrogen and oxygen atoms in total. The second kappa shape index (κ2) is 6.39. The van der Waals surface area contributed by atoms with Gasteiger partial charge in [0.25, 0.3) is 0 Å². The van der Waals surface area contributed by atoms with Gasteiger partial charge in [-0.3, -0.25) is 0 Å². The second-order valence-electron chi connectivity index (χ2n) is 7.90. The zero-order valence-corrected chi connectivity index (χ0v) is 13.8. The van der Waals surface area contributed by atoms with Crippen LogP contribution in [0.5, 0.6) is 0 Å². The largest absolute Gasteiger partial charge is 0.393 e. The lowest BCUT2D eigenvalue weighted by molar-refractivity contribution is -0.0232. The number of aliphatic hydroxyl groups is 3. The summed E-state index contributed by atoms with van der Waals surface area (Å²) >= 11 is 0. The number of fused-ring (bicyclic) bond motifs is 1. The summed E-state index contributed by atoms with van der Waals surface area (Å²) in [6.07, 6.45) is 10.3. The smallest absolute Gasteiger partial charge is 0.0883 e. The highest BCUT2D eigenvalue weighted by Gasteiger charge is 2.51. The molecule has 0 aromatic rings. The van der Waals surface area contributed by atoms with Crippen LogP contribution < -0.4 is 0 Å². The topological polar surface area (TPSA) is 60.7 Å². The third-order valence-electron chi connectivity index (χ3n) is 6.14. The normalized spacial score (nSPS) is 41.0. The molecule has 2 aliphatic carbocycles. The van der Waals surface area contributed by atoms with E-state index in [0.717, 1.165) is 19.3 Å². The first-order valence-corrected chi connectivity index (χ1v) is 8.48. The van der Waals surface area contributed by atoms with E-state index in [2.05, 4.69) is 19.9 Å². The maximum absolute atomic E-state index is 10.3. The van der Waals surface area contributed by atoms with Crippen LogP contribution in [0.4, 0.5) is 0 Å². The summed E-state index contributed by atoms with van der Waals surface area (Å²) in [6, 6.07) is 0. The highest BCUT2D eigenvalue weighted by molar-refractivity contribution is 5.05. The van der Waals surface area contributed by atoms with Gasteiger partial charge in [0, 0.05) is 0 Å². The van der Waals surface area contributed by atoms with Gasteiger partial charge in [0.05, 0.1) is 18.3 Å². The van der Waals surface area contributed by atoms with E-state index in [0.29, 0.717) is 24.2 Å². The minimum Gasteiger partial charge on any atom is -0.393 e. The number of hydrogen-bond donors (Lipinski definition) is 3. The number of hydrogen-bond acceptors (Lipinski definition) is 3. The Morgan fingerprint density at radius 2 is 2.05 bits per heavy atom. The Hall–Kier alpha value is -0.380. The molecule has 0 aliphatic heterocycles. The molecule has 3 heteroatoms. The molecule has 3 N–H and O–H groups in total. The minimum atomic E-state index is -1.01. The lowest BCUT2D eigenvalue weighted by atomic mass is 9.62. The van der Waals surface area contributed by atoms with Gasteiger partial charge < -0.3 is 15.3 Å². The van der Waals surface area contributed by atoms with Crippen LogP contribution in [0, 0.1) is 23.2 Å². The maximum atomic E-state index is 10.3. The second-order valence-corrected chi connectivity index (χ2v) is 7.90. The van der Waals surface area contributed by atoms with Gasteiger partial charge in [0.15, 0.2) is 0 Å².